The number of rotatable bonds is 2. The van der Waals surface area contributed by atoms with Gasteiger partial charge in [0.25, 0.3) is 10.1 Å². The van der Waals surface area contributed by atoms with Crippen LogP contribution in [0.5, 0.6) is 0 Å². The molecule has 15 heavy (non-hydrogen) atoms. The molecule has 0 unspecified atom stereocenters. The quantitative estimate of drug-likeness (QED) is 0.599. The fourth-order valence-corrected chi connectivity index (χ4v) is 2.23. The predicted octanol–water partition coefficient (Wildman–Crippen LogP) is 0.271. The molecule has 0 aliphatic carbocycles. The van der Waals surface area contributed by atoms with Crippen molar-refractivity contribution in [3.05, 3.63) is 29.3 Å². The molecule has 0 bridgehead atoms. The van der Waals surface area contributed by atoms with E-state index in [4.69, 9.17) is 4.55 Å². The van der Waals surface area contributed by atoms with Crippen molar-refractivity contribution in [2.24, 2.45) is 0 Å². The van der Waals surface area contributed by atoms with Crippen LogP contribution in [0.25, 0.3) is 0 Å². The van der Waals surface area contributed by atoms with E-state index in [2.05, 4.69) is 0 Å². The van der Waals surface area contributed by atoms with Crippen LogP contribution in [0.2, 0.25) is 0 Å². The maximum atomic E-state index is 10.9. The lowest BCUT2D eigenvalue weighted by molar-refractivity contribution is 0.483. The number of hydrogen-bond donors (Lipinski definition) is 1. The largest absolute Gasteiger partial charge is 0.295 e. The first-order valence-corrected chi connectivity index (χ1v) is 6.39. The molecule has 0 aromatic heterocycles. The summed E-state index contributed by atoms with van der Waals surface area (Å²) < 4.78 is 51.4. The van der Waals surface area contributed by atoms with Gasteiger partial charge in [-0.3, -0.25) is 4.55 Å². The molecular weight excluding hydrogens is 240 g/mol. The molecule has 0 amide bonds. The van der Waals surface area contributed by atoms with Crippen molar-refractivity contribution in [3.8, 4) is 0 Å². The van der Waals surface area contributed by atoms with Crippen LogP contribution in [-0.2, 0) is 20.4 Å². The normalized spacial score (nSPS) is 11.1. The zero-order valence-electron chi connectivity index (χ0n) is 7.71. The van der Waals surface area contributed by atoms with Crippen LogP contribution >= 0.6 is 0 Å². The van der Waals surface area contributed by atoms with Gasteiger partial charge in [-0.05, 0) is 19.1 Å². The fraction of sp³-hybridized carbons (Fsp3) is 0.125. The monoisotopic (exact) mass is 248 g/mol. The first kappa shape index (κ1) is 11.9. The molecule has 0 atom stereocenters. The Morgan fingerprint density at radius 1 is 1.33 bits per heavy atom. The first-order chi connectivity index (χ1) is 6.80. The molecule has 0 aliphatic heterocycles. The highest BCUT2D eigenvalue weighted by atomic mass is 32.2. The molecule has 1 rings (SSSR count). The van der Waals surface area contributed by atoms with E-state index in [1.165, 1.54) is 12.1 Å². The summed E-state index contributed by atoms with van der Waals surface area (Å²) in [6.45, 7) is 1.68. The Morgan fingerprint density at radius 2 is 1.93 bits per heavy atom. The number of hydrogen-bond acceptors (Lipinski definition) is 4. The molecule has 0 saturated carbocycles. The summed E-state index contributed by atoms with van der Waals surface area (Å²) in [6, 6.07) is 3.98. The second kappa shape index (κ2) is 4.13. The number of benzene rings is 1. The fourth-order valence-electron chi connectivity index (χ4n) is 1.10. The van der Waals surface area contributed by atoms with Gasteiger partial charge in [0, 0.05) is 5.56 Å². The van der Waals surface area contributed by atoms with Gasteiger partial charge in [-0.1, -0.05) is 11.6 Å². The molecule has 0 spiro atoms. The van der Waals surface area contributed by atoms with Gasteiger partial charge in [-0.25, -0.2) is 0 Å². The van der Waals surface area contributed by atoms with Gasteiger partial charge in [0.1, 0.15) is 4.90 Å². The SMILES string of the molecule is Cc1ccc(S(=O)(=O)O)c(C=S(=O)=O)c1. The van der Waals surface area contributed by atoms with E-state index >= 15 is 0 Å². The summed E-state index contributed by atoms with van der Waals surface area (Å²) in [5.41, 5.74) is 0.643. The maximum absolute atomic E-state index is 10.9. The van der Waals surface area contributed by atoms with E-state index in [0.29, 0.717) is 5.56 Å². The van der Waals surface area contributed by atoms with Crippen molar-refractivity contribution in [2.45, 2.75) is 11.8 Å². The summed E-state index contributed by atoms with van der Waals surface area (Å²) >= 11 is 0. The van der Waals surface area contributed by atoms with Gasteiger partial charge in [0.15, 0.2) is 0 Å². The molecule has 1 N–H and O–H groups in total. The van der Waals surface area contributed by atoms with E-state index in [9.17, 15) is 16.8 Å². The summed E-state index contributed by atoms with van der Waals surface area (Å²) in [5.74, 6) is 0. The standard InChI is InChI=1S/C8H8O5S2/c1-6-2-3-8(15(11,12)13)7(4-6)5-14(9)10/h2-5H,1H3,(H,11,12,13). The highest BCUT2D eigenvalue weighted by Crippen LogP contribution is 2.15. The second-order valence-corrected chi connectivity index (χ2v) is 5.04. The van der Waals surface area contributed by atoms with Gasteiger partial charge < -0.3 is 0 Å². The van der Waals surface area contributed by atoms with Crippen molar-refractivity contribution in [1.29, 1.82) is 0 Å². The molecule has 0 heterocycles. The molecule has 5 nitrogen and oxygen atoms in total. The third-order valence-corrected chi connectivity index (χ3v) is 3.04. The lowest BCUT2D eigenvalue weighted by atomic mass is 10.2. The summed E-state index contributed by atoms with van der Waals surface area (Å²) in [5, 5.41) is 0.732. The van der Waals surface area contributed by atoms with Crippen LogP contribution in [-0.4, -0.2) is 26.8 Å². The summed E-state index contributed by atoms with van der Waals surface area (Å²) in [4.78, 5) is -0.419. The highest BCUT2D eigenvalue weighted by molar-refractivity contribution is 7.86. The summed E-state index contributed by atoms with van der Waals surface area (Å²) in [6.07, 6.45) is 0. The number of aryl methyl sites for hydroxylation is 1. The third-order valence-electron chi connectivity index (χ3n) is 1.67. The van der Waals surface area contributed by atoms with E-state index in [1.54, 1.807) is 6.92 Å². The summed E-state index contributed by atoms with van der Waals surface area (Å²) in [7, 11) is -6.92. The zero-order chi connectivity index (χ0) is 11.6. The minimum absolute atomic E-state index is 0.0502. The van der Waals surface area contributed by atoms with Gasteiger partial charge in [0.05, 0.1) is 5.37 Å². The average Bonchev–Trinajstić information content (AvgIpc) is 1.99. The minimum atomic E-state index is -4.40. The molecule has 0 radical (unpaired) electrons. The molecule has 0 saturated heterocycles. The van der Waals surface area contributed by atoms with Crippen LogP contribution in [0.4, 0.5) is 0 Å². The van der Waals surface area contributed by atoms with Crippen LogP contribution in [0, 0.1) is 6.92 Å². The Balaban J connectivity index is 3.61. The van der Waals surface area contributed by atoms with Crippen LogP contribution < -0.4 is 0 Å². The van der Waals surface area contributed by atoms with E-state index in [-0.39, 0.29) is 5.56 Å². The third kappa shape index (κ3) is 3.15. The van der Waals surface area contributed by atoms with E-state index in [1.807, 2.05) is 0 Å². The highest BCUT2D eigenvalue weighted by Gasteiger charge is 2.14. The minimum Gasteiger partial charge on any atom is -0.282 e. The van der Waals surface area contributed by atoms with Crippen molar-refractivity contribution in [2.75, 3.05) is 0 Å². The van der Waals surface area contributed by atoms with Gasteiger partial charge in [-0.15, -0.1) is 0 Å². The van der Waals surface area contributed by atoms with Crippen LogP contribution in [0.15, 0.2) is 23.1 Å². The van der Waals surface area contributed by atoms with Crippen molar-refractivity contribution >= 4 is 25.8 Å². The van der Waals surface area contributed by atoms with Crippen molar-refractivity contribution < 1.29 is 21.4 Å². The average molecular weight is 248 g/mol. The lowest BCUT2D eigenvalue weighted by Gasteiger charge is -2.02. The van der Waals surface area contributed by atoms with Crippen LogP contribution in [0.3, 0.4) is 0 Å². The topological polar surface area (TPSA) is 88.5 Å². The second-order valence-electron chi connectivity index (χ2n) is 2.89. The van der Waals surface area contributed by atoms with E-state index in [0.717, 1.165) is 11.4 Å². The molecule has 1 aromatic rings. The van der Waals surface area contributed by atoms with Gasteiger partial charge in [0.2, 0.25) is 10.3 Å². The Kier molecular flexibility index (Phi) is 3.28. The maximum Gasteiger partial charge on any atom is 0.295 e. The Labute approximate surface area is 88.7 Å². The molecule has 0 aliphatic rings. The zero-order valence-corrected chi connectivity index (χ0v) is 9.34. The molecule has 1 aromatic carbocycles. The Bertz CT molecular complexity index is 602. The lowest BCUT2D eigenvalue weighted by Crippen LogP contribution is -2.03. The first-order valence-electron chi connectivity index (χ1n) is 3.82. The van der Waals surface area contributed by atoms with Crippen molar-refractivity contribution in [1.82, 2.24) is 0 Å². The van der Waals surface area contributed by atoms with E-state index < -0.39 is 25.3 Å². The smallest absolute Gasteiger partial charge is 0.282 e. The predicted molar refractivity (Wildman–Crippen MR) is 55.1 cm³/mol. The van der Waals surface area contributed by atoms with Crippen molar-refractivity contribution in [3.63, 3.8) is 0 Å². The molecular formula is C8H8O5S2. The Morgan fingerprint density at radius 3 is 2.40 bits per heavy atom. The Hall–Kier alpha value is -1.18. The van der Waals surface area contributed by atoms with Gasteiger partial charge >= 0.3 is 0 Å². The molecule has 82 valence electrons. The molecule has 0 fully saturated rings. The van der Waals surface area contributed by atoms with Crippen LogP contribution in [0.1, 0.15) is 11.1 Å². The van der Waals surface area contributed by atoms with Gasteiger partial charge in [-0.2, -0.15) is 16.8 Å². The molecule has 7 heteroatoms.